The predicted molar refractivity (Wildman–Crippen MR) is 116 cm³/mol. The van der Waals surface area contributed by atoms with E-state index in [-0.39, 0.29) is 12.1 Å². The Morgan fingerprint density at radius 2 is 2.00 bits per heavy atom. The number of rotatable bonds is 5. The van der Waals surface area contributed by atoms with Crippen LogP contribution in [-0.2, 0) is 0 Å². The minimum Gasteiger partial charge on any atom is -0.494 e. The number of amides is 2. The van der Waals surface area contributed by atoms with E-state index in [2.05, 4.69) is 10.3 Å². The molecule has 3 aromatic rings. The number of piperidine rings is 1. The highest BCUT2D eigenvalue weighted by Crippen LogP contribution is 2.33. The van der Waals surface area contributed by atoms with E-state index in [0.717, 1.165) is 34.5 Å². The van der Waals surface area contributed by atoms with Crippen LogP contribution in [0.2, 0.25) is 5.02 Å². The van der Waals surface area contributed by atoms with Gasteiger partial charge in [-0.15, -0.1) is 0 Å². The monoisotopic (exact) mass is 431 g/mol. The van der Waals surface area contributed by atoms with Gasteiger partial charge in [0.1, 0.15) is 17.4 Å². The summed E-state index contributed by atoms with van der Waals surface area (Å²) in [6.07, 6.45) is 1.57. The normalized spacial score (nSPS) is 14.8. The zero-order chi connectivity index (χ0) is 20.2. The Bertz CT molecular complexity index is 985. The molecule has 0 atom stereocenters. The quantitative estimate of drug-likeness (QED) is 0.585. The van der Waals surface area contributed by atoms with E-state index in [1.165, 1.54) is 11.3 Å². The number of thiazole rings is 1. The molecule has 2 aromatic carbocycles. The lowest BCUT2D eigenvalue weighted by molar-refractivity contribution is 0.115. The van der Waals surface area contributed by atoms with Gasteiger partial charge in [-0.1, -0.05) is 29.0 Å². The molecule has 2 heterocycles. The summed E-state index contributed by atoms with van der Waals surface area (Å²) < 4.78 is 12.5. The van der Waals surface area contributed by atoms with E-state index in [4.69, 9.17) is 21.1 Å². The van der Waals surface area contributed by atoms with Gasteiger partial charge in [-0.05, 0) is 43.3 Å². The molecule has 0 aliphatic carbocycles. The van der Waals surface area contributed by atoms with E-state index >= 15 is 0 Å². The molecule has 0 radical (unpaired) electrons. The number of carbonyl (C=O) groups excluding carboxylic acids is 1. The molecule has 4 rings (SSSR count). The Kier molecular flexibility index (Phi) is 6.06. The smallest absolute Gasteiger partial charge is 0.321 e. The van der Waals surface area contributed by atoms with Crippen LogP contribution >= 0.6 is 22.9 Å². The number of carbonyl (C=O) groups is 1. The van der Waals surface area contributed by atoms with Crippen molar-refractivity contribution < 1.29 is 14.3 Å². The summed E-state index contributed by atoms with van der Waals surface area (Å²) in [4.78, 5) is 18.8. The number of fused-ring (bicyclic) bond motifs is 1. The zero-order valence-corrected chi connectivity index (χ0v) is 17.6. The molecule has 1 aliphatic rings. The summed E-state index contributed by atoms with van der Waals surface area (Å²) in [5, 5.41) is 4.20. The summed E-state index contributed by atoms with van der Waals surface area (Å²) >= 11 is 7.69. The van der Waals surface area contributed by atoms with Crippen molar-refractivity contribution in [1.29, 1.82) is 0 Å². The number of hydrogen-bond donors (Lipinski definition) is 1. The topological polar surface area (TPSA) is 63.7 Å². The van der Waals surface area contributed by atoms with Gasteiger partial charge in [0, 0.05) is 31.6 Å². The number of ether oxygens (including phenoxy) is 2. The molecule has 1 aliphatic heterocycles. The zero-order valence-electron chi connectivity index (χ0n) is 16.1. The summed E-state index contributed by atoms with van der Waals surface area (Å²) in [6, 6.07) is 13.0. The number of halogens is 1. The van der Waals surface area contributed by atoms with E-state index < -0.39 is 0 Å². The molecule has 1 N–H and O–H groups in total. The second kappa shape index (κ2) is 8.88. The second-order valence-corrected chi connectivity index (χ2v) is 8.16. The number of para-hydroxylation sites is 1. The van der Waals surface area contributed by atoms with E-state index in [0.29, 0.717) is 29.9 Å². The Hall–Kier alpha value is -2.51. The number of aromatic nitrogens is 1. The van der Waals surface area contributed by atoms with Crippen molar-refractivity contribution in [3.63, 3.8) is 0 Å². The van der Waals surface area contributed by atoms with Crippen LogP contribution in [0.15, 0.2) is 42.5 Å². The summed E-state index contributed by atoms with van der Waals surface area (Å²) in [6.45, 7) is 3.83. The molecule has 152 valence electrons. The van der Waals surface area contributed by atoms with Crippen molar-refractivity contribution in [2.75, 3.05) is 25.0 Å². The number of nitrogens with zero attached hydrogens (tertiary/aromatic N) is 2. The van der Waals surface area contributed by atoms with Crippen LogP contribution in [-0.4, -0.2) is 41.7 Å². The van der Waals surface area contributed by atoms with E-state index in [1.54, 1.807) is 0 Å². The largest absolute Gasteiger partial charge is 0.494 e. The van der Waals surface area contributed by atoms with Gasteiger partial charge >= 0.3 is 6.03 Å². The molecular weight excluding hydrogens is 410 g/mol. The van der Waals surface area contributed by atoms with Crippen LogP contribution in [0.5, 0.6) is 10.9 Å². The van der Waals surface area contributed by atoms with Gasteiger partial charge in [0.2, 0.25) is 0 Å². The van der Waals surface area contributed by atoms with Gasteiger partial charge in [0.05, 0.1) is 16.3 Å². The minimum absolute atomic E-state index is 0.0452. The highest BCUT2D eigenvalue weighted by molar-refractivity contribution is 7.20. The molecule has 1 fully saturated rings. The molecule has 6 nitrogen and oxygen atoms in total. The maximum Gasteiger partial charge on any atom is 0.321 e. The lowest BCUT2D eigenvalue weighted by Crippen LogP contribution is -2.43. The second-order valence-electron chi connectivity index (χ2n) is 6.76. The maximum absolute atomic E-state index is 12.5. The third kappa shape index (κ3) is 4.74. The fourth-order valence-electron chi connectivity index (χ4n) is 3.27. The summed E-state index contributed by atoms with van der Waals surface area (Å²) in [5.74, 6) is 0.791. The number of likely N-dealkylation sites (tertiary alicyclic amines) is 1. The van der Waals surface area contributed by atoms with E-state index in [1.807, 2.05) is 54.3 Å². The molecule has 0 unspecified atom stereocenters. The van der Waals surface area contributed by atoms with Gasteiger partial charge in [0.15, 0.2) is 0 Å². The van der Waals surface area contributed by atoms with Gasteiger partial charge in [-0.2, -0.15) is 0 Å². The van der Waals surface area contributed by atoms with Crippen molar-refractivity contribution in [3.8, 4) is 10.9 Å². The number of hydrogen-bond acceptors (Lipinski definition) is 5. The number of anilines is 1. The van der Waals surface area contributed by atoms with Crippen molar-refractivity contribution in [1.82, 2.24) is 9.88 Å². The van der Waals surface area contributed by atoms with Crippen molar-refractivity contribution in [2.45, 2.75) is 25.9 Å². The van der Waals surface area contributed by atoms with Crippen LogP contribution in [0.4, 0.5) is 10.5 Å². The highest BCUT2D eigenvalue weighted by Gasteiger charge is 2.25. The molecule has 29 heavy (non-hydrogen) atoms. The molecule has 2 amide bonds. The van der Waals surface area contributed by atoms with Gasteiger partial charge in [-0.3, -0.25) is 0 Å². The first-order valence-electron chi connectivity index (χ1n) is 9.63. The maximum atomic E-state index is 12.5. The molecular formula is C21H22ClN3O3S. The van der Waals surface area contributed by atoms with Gasteiger partial charge < -0.3 is 19.7 Å². The van der Waals surface area contributed by atoms with Crippen LogP contribution < -0.4 is 14.8 Å². The van der Waals surface area contributed by atoms with Crippen molar-refractivity contribution >= 4 is 44.9 Å². The van der Waals surface area contributed by atoms with Gasteiger partial charge in [0.25, 0.3) is 5.19 Å². The minimum atomic E-state index is -0.0978. The molecule has 1 saturated heterocycles. The molecule has 8 heteroatoms. The number of urea groups is 1. The van der Waals surface area contributed by atoms with Crippen LogP contribution in [0.1, 0.15) is 19.8 Å². The van der Waals surface area contributed by atoms with Crippen molar-refractivity contribution in [2.24, 2.45) is 0 Å². The standard InChI is InChI=1S/C21H22ClN3O3S/c1-2-27-15-8-6-14(7-9-15)23-20(26)25-12-10-16(11-13-25)28-21-24-19-17(22)4-3-5-18(19)29-21/h3-9,16H,2,10-13H2,1H3,(H,23,26). The first-order chi connectivity index (χ1) is 14.1. The van der Waals surface area contributed by atoms with Crippen LogP contribution in [0.3, 0.4) is 0 Å². The predicted octanol–water partition coefficient (Wildman–Crippen LogP) is 5.42. The lowest BCUT2D eigenvalue weighted by atomic mass is 10.1. The molecule has 0 saturated carbocycles. The Morgan fingerprint density at radius 3 is 2.69 bits per heavy atom. The number of benzene rings is 2. The average molecular weight is 432 g/mol. The van der Waals surface area contributed by atoms with Crippen LogP contribution in [0.25, 0.3) is 10.2 Å². The Balaban J connectivity index is 1.29. The molecule has 1 aromatic heterocycles. The summed E-state index contributed by atoms with van der Waals surface area (Å²) in [7, 11) is 0. The third-order valence-corrected chi connectivity index (χ3v) is 5.98. The summed E-state index contributed by atoms with van der Waals surface area (Å²) in [5.41, 5.74) is 1.53. The number of nitrogens with one attached hydrogen (secondary N) is 1. The van der Waals surface area contributed by atoms with Crippen molar-refractivity contribution in [3.05, 3.63) is 47.5 Å². The first-order valence-corrected chi connectivity index (χ1v) is 10.8. The first kappa shape index (κ1) is 19.8. The molecule has 0 bridgehead atoms. The highest BCUT2D eigenvalue weighted by atomic mass is 35.5. The Labute approximate surface area is 178 Å². The fourth-order valence-corrected chi connectivity index (χ4v) is 4.45. The third-order valence-electron chi connectivity index (χ3n) is 4.76. The SMILES string of the molecule is CCOc1ccc(NC(=O)N2CCC(Oc3nc4c(Cl)cccc4s3)CC2)cc1. The fraction of sp³-hybridized carbons (Fsp3) is 0.333. The van der Waals surface area contributed by atoms with E-state index in [9.17, 15) is 4.79 Å². The molecule has 0 spiro atoms. The average Bonchev–Trinajstić information content (AvgIpc) is 3.14. The van der Waals surface area contributed by atoms with Crippen LogP contribution in [0, 0.1) is 0 Å². The Morgan fingerprint density at radius 1 is 1.24 bits per heavy atom. The lowest BCUT2D eigenvalue weighted by Gasteiger charge is -2.31. The van der Waals surface area contributed by atoms with Gasteiger partial charge in [-0.25, -0.2) is 9.78 Å².